The van der Waals surface area contributed by atoms with Crippen LogP contribution in [0, 0.1) is 6.92 Å². The summed E-state index contributed by atoms with van der Waals surface area (Å²) >= 11 is 6.20. The maximum Gasteiger partial charge on any atom is 0.137 e. The van der Waals surface area contributed by atoms with Gasteiger partial charge in [-0.3, -0.25) is 0 Å². The van der Waals surface area contributed by atoms with Gasteiger partial charge in [0.15, 0.2) is 0 Å². The zero-order valence-electron chi connectivity index (χ0n) is 12.0. The van der Waals surface area contributed by atoms with E-state index in [-0.39, 0.29) is 0 Å². The molecule has 0 saturated carbocycles. The summed E-state index contributed by atoms with van der Waals surface area (Å²) in [7, 11) is 1.98. The molecule has 0 spiro atoms. The molecule has 1 aromatic carbocycles. The molecule has 1 heterocycles. The van der Waals surface area contributed by atoms with Gasteiger partial charge in [-0.15, -0.1) is 0 Å². The molecular weight excluding hydrogens is 272 g/mol. The summed E-state index contributed by atoms with van der Waals surface area (Å²) in [5.41, 5.74) is 7.92. The lowest BCUT2D eigenvalue weighted by Crippen LogP contribution is -2.21. The molecule has 0 aliphatic heterocycles. The van der Waals surface area contributed by atoms with Crippen LogP contribution >= 0.6 is 11.6 Å². The fourth-order valence-electron chi connectivity index (χ4n) is 2.06. The lowest BCUT2D eigenvalue weighted by Gasteiger charge is -2.22. The Balaban J connectivity index is 2.32. The number of hydrogen-bond donors (Lipinski definition) is 1. The number of aryl methyl sites for hydroxylation is 1. The van der Waals surface area contributed by atoms with Gasteiger partial charge in [-0.2, -0.15) is 0 Å². The van der Waals surface area contributed by atoms with Crippen molar-refractivity contribution in [3.05, 3.63) is 46.2 Å². The number of halogens is 1. The van der Waals surface area contributed by atoms with Crippen molar-refractivity contribution in [1.82, 2.24) is 9.97 Å². The van der Waals surface area contributed by atoms with Crippen molar-refractivity contribution in [3.8, 4) is 0 Å². The van der Waals surface area contributed by atoms with Gasteiger partial charge in [-0.05, 0) is 18.6 Å². The molecule has 2 aromatic rings. The van der Waals surface area contributed by atoms with Crippen LogP contribution in [0.25, 0.3) is 0 Å². The van der Waals surface area contributed by atoms with E-state index in [9.17, 15) is 0 Å². The first-order valence-electron chi connectivity index (χ1n) is 6.60. The summed E-state index contributed by atoms with van der Waals surface area (Å²) in [5, 5.41) is 0.759. The van der Waals surface area contributed by atoms with Crippen molar-refractivity contribution in [2.45, 2.75) is 26.8 Å². The Morgan fingerprint density at radius 2 is 1.95 bits per heavy atom. The largest absolute Gasteiger partial charge is 0.383 e. The van der Waals surface area contributed by atoms with Crippen molar-refractivity contribution >= 4 is 23.2 Å². The van der Waals surface area contributed by atoms with Gasteiger partial charge in [0.2, 0.25) is 0 Å². The maximum absolute atomic E-state index is 6.20. The minimum Gasteiger partial charge on any atom is -0.383 e. The van der Waals surface area contributed by atoms with E-state index in [1.165, 1.54) is 0 Å². The van der Waals surface area contributed by atoms with Gasteiger partial charge in [-0.1, -0.05) is 36.7 Å². The molecule has 4 nitrogen and oxygen atoms in total. The van der Waals surface area contributed by atoms with E-state index in [1.54, 1.807) is 0 Å². The number of aromatic nitrogens is 2. The van der Waals surface area contributed by atoms with E-state index < -0.39 is 0 Å². The van der Waals surface area contributed by atoms with Crippen LogP contribution in [-0.4, -0.2) is 17.0 Å². The van der Waals surface area contributed by atoms with Crippen molar-refractivity contribution < 1.29 is 0 Å². The lowest BCUT2D eigenvalue weighted by atomic mass is 10.2. The number of nitrogen functional groups attached to an aromatic ring is 1. The number of anilines is 2. The molecule has 106 valence electrons. The van der Waals surface area contributed by atoms with E-state index in [0.29, 0.717) is 12.4 Å². The Bertz CT molecular complexity index is 613. The van der Waals surface area contributed by atoms with Crippen molar-refractivity contribution in [2.24, 2.45) is 0 Å². The molecule has 0 saturated heterocycles. The number of nitrogens with zero attached hydrogens (tertiary/aromatic N) is 3. The topological polar surface area (TPSA) is 55.0 Å². The second-order valence-electron chi connectivity index (χ2n) is 4.77. The molecular formula is C15H19ClN4. The van der Waals surface area contributed by atoms with E-state index in [1.807, 2.05) is 50.1 Å². The fraction of sp³-hybridized carbons (Fsp3) is 0.333. The summed E-state index contributed by atoms with van der Waals surface area (Å²) < 4.78 is 0. The highest BCUT2D eigenvalue weighted by Crippen LogP contribution is 2.24. The highest BCUT2D eigenvalue weighted by Gasteiger charge is 2.13. The predicted octanol–water partition coefficient (Wildman–Crippen LogP) is 3.22. The van der Waals surface area contributed by atoms with Gasteiger partial charge in [0.1, 0.15) is 17.5 Å². The van der Waals surface area contributed by atoms with Crippen molar-refractivity contribution in [2.75, 3.05) is 17.7 Å². The van der Waals surface area contributed by atoms with E-state index >= 15 is 0 Å². The highest BCUT2D eigenvalue weighted by molar-refractivity contribution is 6.31. The van der Waals surface area contributed by atoms with Gasteiger partial charge in [0, 0.05) is 30.6 Å². The average molecular weight is 291 g/mol. The molecule has 20 heavy (non-hydrogen) atoms. The zero-order chi connectivity index (χ0) is 14.7. The molecule has 1 aromatic heterocycles. The molecule has 2 rings (SSSR count). The number of hydrogen-bond acceptors (Lipinski definition) is 4. The van der Waals surface area contributed by atoms with Crippen LogP contribution in [-0.2, 0) is 13.0 Å². The summed E-state index contributed by atoms with van der Waals surface area (Å²) in [6.07, 6.45) is 0.761. The Morgan fingerprint density at radius 1 is 1.25 bits per heavy atom. The number of rotatable bonds is 4. The molecule has 5 heteroatoms. The van der Waals surface area contributed by atoms with Gasteiger partial charge < -0.3 is 10.6 Å². The Hall–Kier alpha value is -1.81. The summed E-state index contributed by atoms with van der Waals surface area (Å²) in [6.45, 7) is 4.63. The van der Waals surface area contributed by atoms with E-state index in [0.717, 1.165) is 34.2 Å². The quantitative estimate of drug-likeness (QED) is 0.939. The minimum absolute atomic E-state index is 0.540. The van der Waals surface area contributed by atoms with Crippen LogP contribution in [0.2, 0.25) is 5.02 Å². The molecule has 0 atom stereocenters. The first kappa shape index (κ1) is 14.6. The molecule has 0 amide bonds. The second-order valence-corrected chi connectivity index (χ2v) is 5.18. The molecule has 0 aliphatic carbocycles. The third-order valence-electron chi connectivity index (χ3n) is 3.25. The monoisotopic (exact) mass is 290 g/mol. The summed E-state index contributed by atoms with van der Waals surface area (Å²) in [6, 6.07) is 7.81. The first-order valence-corrected chi connectivity index (χ1v) is 6.98. The smallest absolute Gasteiger partial charge is 0.137 e. The number of nitrogens with two attached hydrogens (primary N) is 1. The normalized spacial score (nSPS) is 10.6. The van der Waals surface area contributed by atoms with Crippen LogP contribution < -0.4 is 10.6 Å². The van der Waals surface area contributed by atoms with Crippen LogP contribution in [0.1, 0.15) is 23.9 Å². The standard InChI is InChI=1S/C15H19ClN4/c1-4-13-18-14(17)10(2)15(19-13)20(3)9-11-7-5-6-8-12(11)16/h5-8H,4,9H2,1-3H3,(H2,17,18,19). The van der Waals surface area contributed by atoms with E-state index in [2.05, 4.69) is 9.97 Å². The fourth-order valence-corrected chi connectivity index (χ4v) is 2.25. The maximum atomic E-state index is 6.20. The summed E-state index contributed by atoms with van der Waals surface area (Å²) in [4.78, 5) is 10.9. The minimum atomic E-state index is 0.540. The Morgan fingerprint density at radius 3 is 2.60 bits per heavy atom. The molecule has 0 unspecified atom stereocenters. The van der Waals surface area contributed by atoms with Gasteiger partial charge in [0.25, 0.3) is 0 Å². The van der Waals surface area contributed by atoms with Gasteiger partial charge in [-0.25, -0.2) is 9.97 Å². The predicted molar refractivity (Wildman–Crippen MR) is 84.1 cm³/mol. The van der Waals surface area contributed by atoms with Gasteiger partial charge in [0.05, 0.1) is 0 Å². The molecule has 0 fully saturated rings. The van der Waals surface area contributed by atoms with Crippen LogP contribution in [0.3, 0.4) is 0 Å². The Kier molecular flexibility index (Phi) is 4.45. The summed E-state index contributed by atoms with van der Waals surface area (Å²) in [5.74, 6) is 2.15. The third kappa shape index (κ3) is 3.02. The van der Waals surface area contributed by atoms with E-state index in [4.69, 9.17) is 17.3 Å². The number of benzene rings is 1. The molecule has 0 bridgehead atoms. The first-order chi connectivity index (χ1) is 9.52. The lowest BCUT2D eigenvalue weighted by molar-refractivity contribution is 0.852. The van der Waals surface area contributed by atoms with Gasteiger partial charge >= 0.3 is 0 Å². The van der Waals surface area contributed by atoms with Crippen molar-refractivity contribution in [3.63, 3.8) is 0 Å². The average Bonchev–Trinajstić information content (AvgIpc) is 2.44. The SMILES string of the molecule is CCc1nc(N)c(C)c(N(C)Cc2ccccc2Cl)n1. The van der Waals surface area contributed by atoms with Crippen LogP contribution in [0.15, 0.2) is 24.3 Å². The molecule has 0 aliphatic rings. The molecule has 2 N–H and O–H groups in total. The molecule has 0 radical (unpaired) electrons. The highest BCUT2D eigenvalue weighted by atomic mass is 35.5. The third-order valence-corrected chi connectivity index (χ3v) is 3.62. The Labute approximate surface area is 124 Å². The van der Waals surface area contributed by atoms with Crippen LogP contribution in [0.5, 0.6) is 0 Å². The zero-order valence-corrected chi connectivity index (χ0v) is 12.8. The van der Waals surface area contributed by atoms with Crippen molar-refractivity contribution in [1.29, 1.82) is 0 Å². The van der Waals surface area contributed by atoms with Crippen LogP contribution in [0.4, 0.5) is 11.6 Å². The second kappa shape index (κ2) is 6.09.